The van der Waals surface area contributed by atoms with Crippen LogP contribution < -0.4 is 15.2 Å². The van der Waals surface area contributed by atoms with Gasteiger partial charge in [0.05, 0.1) is 25.2 Å². The Labute approximate surface area is 356 Å². The monoisotopic (exact) mass is 845 g/mol. The van der Waals surface area contributed by atoms with Crippen molar-refractivity contribution >= 4 is 18.3 Å². The van der Waals surface area contributed by atoms with Crippen LogP contribution in [0, 0.1) is 11.6 Å². The summed E-state index contributed by atoms with van der Waals surface area (Å²) in [6, 6.07) is 30.9. The van der Waals surface area contributed by atoms with Crippen molar-refractivity contribution in [1.82, 2.24) is 9.80 Å². The zero-order valence-corrected chi connectivity index (χ0v) is 35.5. The fourth-order valence-corrected chi connectivity index (χ4v) is 7.14. The lowest BCUT2D eigenvalue weighted by Crippen LogP contribution is -2.52. The Bertz CT molecular complexity index is 1990. The van der Waals surface area contributed by atoms with Crippen molar-refractivity contribution in [3.8, 4) is 11.5 Å². The smallest absolute Gasteiger partial charge is 0.410 e. The van der Waals surface area contributed by atoms with Gasteiger partial charge in [-0.1, -0.05) is 66.7 Å². The van der Waals surface area contributed by atoms with Gasteiger partial charge in [-0.2, -0.15) is 9.59 Å². The van der Waals surface area contributed by atoms with Gasteiger partial charge < -0.3 is 34.7 Å². The van der Waals surface area contributed by atoms with Gasteiger partial charge in [0, 0.05) is 31.0 Å². The zero-order chi connectivity index (χ0) is 44.7. The lowest BCUT2D eigenvalue weighted by atomic mass is 9.95. The molecule has 14 heteroatoms. The number of hydrogen-bond donors (Lipinski definition) is 2. The molecule has 6 rings (SSSR count). The van der Waals surface area contributed by atoms with Gasteiger partial charge in [0.2, 0.25) is 0 Å². The molecule has 4 aromatic carbocycles. The highest BCUT2D eigenvalue weighted by Gasteiger charge is 2.44. The summed E-state index contributed by atoms with van der Waals surface area (Å²) in [6.45, 7) is 11.7. The average molecular weight is 846 g/mol. The molecule has 2 aliphatic heterocycles. The Morgan fingerprint density at radius 3 is 1.61 bits per heavy atom. The number of hydrogen-bond acceptors (Lipinski definition) is 10. The molecule has 0 radical (unpaired) electrons. The summed E-state index contributed by atoms with van der Waals surface area (Å²) in [5.41, 5.74) is 6.52. The minimum absolute atomic E-state index is 0.0290. The molecule has 2 saturated heterocycles. The quantitative estimate of drug-likeness (QED) is 0.162. The third-order valence-corrected chi connectivity index (χ3v) is 9.57. The second-order valence-corrected chi connectivity index (χ2v) is 17.0. The van der Waals surface area contributed by atoms with E-state index in [4.69, 9.17) is 34.3 Å². The number of aliphatic hydroxyl groups excluding tert-OH is 1. The van der Waals surface area contributed by atoms with E-state index in [-0.39, 0.29) is 43.5 Å². The molecule has 2 fully saturated rings. The fraction of sp³-hybridized carbons (Fsp3) is 0.426. The molecule has 0 spiro atoms. The maximum absolute atomic E-state index is 13.5. The van der Waals surface area contributed by atoms with Crippen LogP contribution in [0.2, 0.25) is 0 Å². The minimum atomic E-state index is -1.15. The van der Waals surface area contributed by atoms with Crippen molar-refractivity contribution in [2.45, 2.75) is 115 Å². The molecule has 0 unspecified atom stereocenters. The number of nitrogens with two attached hydrogens (primary N) is 1. The number of halogens is 2. The third-order valence-electron chi connectivity index (χ3n) is 9.57. The van der Waals surface area contributed by atoms with Gasteiger partial charge in [-0.3, -0.25) is 4.90 Å². The summed E-state index contributed by atoms with van der Waals surface area (Å²) in [5.74, 6) is 0.0573. The van der Waals surface area contributed by atoms with Crippen molar-refractivity contribution < 1.29 is 52.0 Å². The number of nitrogens with zero attached hydrogens (tertiary/aromatic N) is 2. The molecule has 0 saturated carbocycles. The van der Waals surface area contributed by atoms with E-state index in [9.17, 15) is 23.5 Å². The summed E-state index contributed by atoms with van der Waals surface area (Å²) in [6.07, 6.45) is -0.181. The SMILES string of the molecule is CC(C)(C)OC(=O)N1C[C@H](Oc2ccccc2)C[C@@H]1Cc1ccccc1.CC(C)(C)OC(=O)N1C[C@H](Oc2ccccc2)C[C@@H]1[C@@H](O)[C@@H](N)Cc1cc(F)cc(F)c1.O=C=O. The molecule has 4 aromatic rings. The molecule has 2 heterocycles. The zero-order valence-electron chi connectivity index (χ0n) is 35.5. The van der Waals surface area contributed by atoms with Crippen molar-refractivity contribution in [3.05, 3.63) is 132 Å². The second-order valence-electron chi connectivity index (χ2n) is 17.0. The third kappa shape index (κ3) is 15.9. The van der Waals surface area contributed by atoms with Crippen LogP contribution in [0.15, 0.2) is 109 Å². The molecule has 2 amide bonds. The maximum Gasteiger partial charge on any atom is 0.410 e. The molecule has 0 bridgehead atoms. The van der Waals surface area contributed by atoms with E-state index >= 15 is 0 Å². The van der Waals surface area contributed by atoms with E-state index in [1.807, 2.05) is 105 Å². The second kappa shape index (κ2) is 22.1. The van der Waals surface area contributed by atoms with Gasteiger partial charge in [-0.15, -0.1) is 0 Å². The standard InChI is InChI=1S/C24H30F2N2O4.C22H27NO3.CO2/c1-24(2,3)32-23(30)28-14-19(31-18-7-5-4-6-8-18)13-21(28)22(29)20(27)11-15-9-16(25)12-17(26)10-15;1-22(2,3)26-21(24)23-16-20(25-19-12-8-5-9-13-19)15-18(23)14-17-10-6-4-7-11-17;2-1-3/h4-10,12,19-22,29H,11,13-14,27H2,1-3H3;4-13,18,20H,14-16H2,1-3H3;/t19-,20+,21-,22+;18-,20+;/m10./s1. The number of benzene rings is 4. The average Bonchev–Trinajstić information content (AvgIpc) is 3.78. The number of likely N-dealkylation sites (tertiary alicyclic amines) is 2. The Balaban J connectivity index is 0.000000257. The summed E-state index contributed by atoms with van der Waals surface area (Å²) in [7, 11) is 0. The summed E-state index contributed by atoms with van der Waals surface area (Å²) in [5, 5.41) is 11.0. The predicted molar refractivity (Wildman–Crippen MR) is 224 cm³/mol. The maximum atomic E-state index is 13.5. The van der Waals surface area contributed by atoms with Crippen molar-refractivity contribution in [3.63, 3.8) is 0 Å². The molecule has 0 aliphatic carbocycles. The number of aliphatic hydroxyl groups is 1. The molecule has 0 aromatic heterocycles. The first-order valence-corrected chi connectivity index (χ1v) is 20.2. The molecule has 3 N–H and O–H groups in total. The molecule has 12 nitrogen and oxygen atoms in total. The molecule has 2 aliphatic rings. The Morgan fingerprint density at radius 2 is 1.13 bits per heavy atom. The van der Waals surface area contributed by atoms with Gasteiger partial charge in [-0.05, 0) is 102 Å². The number of carbonyl (C=O) groups excluding carboxylic acids is 4. The molecular weight excluding hydrogens is 789 g/mol. The first kappa shape index (κ1) is 47.9. The van der Waals surface area contributed by atoms with Crippen LogP contribution in [-0.2, 0) is 31.9 Å². The van der Waals surface area contributed by atoms with Gasteiger partial charge in [0.25, 0.3) is 0 Å². The highest BCUT2D eigenvalue weighted by atomic mass is 19.1. The van der Waals surface area contributed by atoms with E-state index in [0.717, 1.165) is 24.7 Å². The van der Waals surface area contributed by atoms with Crippen LogP contribution in [0.25, 0.3) is 0 Å². The van der Waals surface area contributed by atoms with Crippen molar-refractivity contribution in [2.24, 2.45) is 5.73 Å². The van der Waals surface area contributed by atoms with Gasteiger partial charge in [0.15, 0.2) is 0 Å². The Kier molecular flexibility index (Phi) is 17.4. The topological polar surface area (TPSA) is 158 Å². The summed E-state index contributed by atoms with van der Waals surface area (Å²) in [4.78, 5) is 45.1. The van der Waals surface area contributed by atoms with Crippen LogP contribution in [0.5, 0.6) is 11.5 Å². The van der Waals surface area contributed by atoms with E-state index in [1.54, 1.807) is 20.8 Å². The van der Waals surface area contributed by atoms with Crippen LogP contribution in [0.3, 0.4) is 0 Å². The highest BCUT2D eigenvalue weighted by Crippen LogP contribution is 2.30. The van der Waals surface area contributed by atoms with Crippen LogP contribution in [0.1, 0.15) is 65.5 Å². The number of amides is 2. The molecule has 61 heavy (non-hydrogen) atoms. The lowest BCUT2D eigenvalue weighted by Gasteiger charge is -2.33. The highest BCUT2D eigenvalue weighted by molar-refractivity contribution is 5.69. The predicted octanol–water partition coefficient (Wildman–Crippen LogP) is 7.76. The number of para-hydroxylation sites is 2. The fourth-order valence-electron chi connectivity index (χ4n) is 7.14. The van der Waals surface area contributed by atoms with E-state index in [1.165, 1.54) is 22.6 Å². The van der Waals surface area contributed by atoms with E-state index in [2.05, 4.69) is 12.1 Å². The molecular formula is C47H57F2N3O9. The van der Waals surface area contributed by atoms with Crippen LogP contribution >= 0.6 is 0 Å². The first-order valence-electron chi connectivity index (χ1n) is 20.2. The minimum Gasteiger partial charge on any atom is -0.489 e. The largest absolute Gasteiger partial charge is 0.489 e. The van der Waals surface area contributed by atoms with E-state index < -0.39 is 47.1 Å². The van der Waals surface area contributed by atoms with E-state index in [0.29, 0.717) is 24.3 Å². The van der Waals surface area contributed by atoms with Gasteiger partial charge in [0.1, 0.15) is 46.5 Å². The van der Waals surface area contributed by atoms with Crippen LogP contribution in [-0.4, -0.2) is 94.0 Å². The summed E-state index contributed by atoms with van der Waals surface area (Å²) < 4.78 is 50.3. The Hall–Kier alpha value is -5.82. The Morgan fingerprint density at radius 1 is 0.705 bits per heavy atom. The van der Waals surface area contributed by atoms with Crippen molar-refractivity contribution in [2.75, 3.05) is 13.1 Å². The van der Waals surface area contributed by atoms with Gasteiger partial charge in [-0.25, -0.2) is 18.4 Å². The normalized spacial score (nSPS) is 19.5. The van der Waals surface area contributed by atoms with Crippen molar-refractivity contribution in [1.29, 1.82) is 0 Å². The lowest BCUT2D eigenvalue weighted by molar-refractivity contribution is -0.191. The number of rotatable bonds is 10. The molecule has 328 valence electrons. The van der Waals surface area contributed by atoms with Gasteiger partial charge >= 0.3 is 18.3 Å². The number of ether oxygens (including phenoxy) is 4. The van der Waals surface area contributed by atoms with Crippen LogP contribution in [0.4, 0.5) is 18.4 Å². The number of carbonyl (C=O) groups is 2. The summed E-state index contributed by atoms with van der Waals surface area (Å²) >= 11 is 0. The first-order chi connectivity index (χ1) is 28.8. The molecule has 6 atom stereocenters.